The zero-order valence-corrected chi connectivity index (χ0v) is 18.9. The molecule has 2 aliphatic rings. The zero-order chi connectivity index (χ0) is 21.8. The molecule has 0 unspecified atom stereocenters. The molecule has 0 spiro atoms. The summed E-state index contributed by atoms with van der Waals surface area (Å²) in [5.41, 5.74) is 3.64. The Morgan fingerprint density at radius 1 is 1.03 bits per heavy atom. The number of rotatable bonds is 8. The van der Waals surface area contributed by atoms with Gasteiger partial charge in [-0.3, -0.25) is 4.79 Å². The molecular formula is C25H35N3O3+2. The number of hydrogen-bond donors (Lipinski definition) is 3. The minimum atomic E-state index is -0.119. The standard InChI is InChI=1S/C25H33N3O3/c1-18-15-22(30-2)23(31-3)16-20(18)17-27-11-13-28(14-12-27)24(19-7-5-4-6-8-19)25(29)26-21-9-10-21/h4-8,15-16,21,24H,9-14,17H2,1-3H3,(H,26,29)/p+2/t24-/m0/s1. The topological polar surface area (TPSA) is 56.4 Å². The van der Waals surface area contributed by atoms with Crippen LogP contribution in [-0.4, -0.2) is 52.3 Å². The lowest BCUT2D eigenvalue weighted by Gasteiger charge is -2.34. The van der Waals surface area contributed by atoms with Crippen molar-refractivity contribution in [3.63, 3.8) is 0 Å². The number of carbonyl (C=O) groups excluding carboxylic acids is 1. The summed E-state index contributed by atoms with van der Waals surface area (Å²) in [4.78, 5) is 16.0. The average molecular weight is 426 g/mol. The van der Waals surface area contributed by atoms with Crippen molar-refractivity contribution in [1.29, 1.82) is 0 Å². The predicted octanol–water partition coefficient (Wildman–Crippen LogP) is 0.316. The van der Waals surface area contributed by atoms with Crippen molar-refractivity contribution in [2.45, 2.75) is 38.4 Å². The number of carbonyl (C=O) groups is 1. The van der Waals surface area contributed by atoms with Crippen molar-refractivity contribution in [1.82, 2.24) is 5.32 Å². The van der Waals surface area contributed by atoms with E-state index in [0.29, 0.717) is 6.04 Å². The highest BCUT2D eigenvalue weighted by Crippen LogP contribution is 2.30. The Balaban J connectivity index is 1.42. The Labute approximate surface area is 185 Å². The van der Waals surface area contributed by atoms with Gasteiger partial charge in [0.15, 0.2) is 17.5 Å². The van der Waals surface area contributed by atoms with Crippen LogP contribution in [-0.2, 0) is 11.3 Å². The monoisotopic (exact) mass is 425 g/mol. The summed E-state index contributed by atoms with van der Waals surface area (Å²) in [6.45, 7) is 7.15. The first-order valence-electron chi connectivity index (χ1n) is 11.3. The molecule has 31 heavy (non-hydrogen) atoms. The summed E-state index contributed by atoms with van der Waals surface area (Å²) in [6.07, 6.45) is 2.23. The van der Waals surface area contributed by atoms with E-state index < -0.39 is 0 Å². The maximum absolute atomic E-state index is 13.1. The summed E-state index contributed by atoms with van der Waals surface area (Å²) in [7, 11) is 3.36. The van der Waals surface area contributed by atoms with Gasteiger partial charge in [-0.1, -0.05) is 30.3 Å². The summed E-state index contributed by atoms with van der Waals surface area (Å²) in [5.74, 6) is 1.75. The molecule has 1 saturated carbocycles. The highest BCUT2D eigenvalue weighted by Gasteiger charge is 2.37. The number of ether oxygens (including phenoxy) is 2. The van der Waals surface area contributed by atoms with E-state index in [1.54, 1.807) is 19.1 Å². The second-order valence-electron chi connectivity index (χ2n) is 8.85. The average Bonchev–Trinajstić information content (AvgIpc) is 3.61. The maximum Gasteiger partial charge on any atom is 0.283 e. The van der Waals surface area contributed by atoms with Gasteiger partial charge >= 0.3 is 0 Å². The Morgan fingerprint density at radius 2 is 1.68 bits per heavy atom. The normalized spacial score (nSPS) is 21.9. The summed E-state index contributed by atoms with van der Waals surface area (Å²) < 4.78 is 10.9. The molecule has 1 amide bonds. The third-order valence-corrected chi connectivity index (χ3v) is 6.61. The number of benzene rings is 2. The Bertz CT molecular complexity index is 890. The van der Waals surface area contributed by atoms with Crippen LogP contribution < -0.4 is 24.6 Å². The van der Waals surface area contributed by atoms with E-state index in [2.05, 4.69) is 36.5 Å². The quantitative estimate of drug-likeness (QED) is 0.571. The Hall–Kier alpha value is -2.57. The molecule has 1 saturated heterocycles. The molecule has 1 aliphatic carbocycles. The highest BCUT2D eigenvalue weighted by atomic mass is 16.5. The third kappa shape index (κ3) is 5.20. The highest BCUT2D eigenvalue weighted by molar-refractivity contribution is 5.82. The molecule has 0 radical (unpaired) electrons. The summed E-state index contributed by atoms with van der Waals surface area (Å²) in [6, 6.07) is 14.7. The van der Waals surface area contributed by atoms with E-state index in [9.17, 15) is 4.79 Å². The number of aryl methyl sites for hydroxylation is 1. The van der Waals surface area contributed by atoms with Gasteiger partial charge in [0, 0.05) is 17.2 Å². The Kier molecular flexibility index (Phi) is 6.78. The molecule has 1 atom stereocenters. The number of piperazine rings is 1. The van der Waals surface area contributed by atoms with Crippen molar-refractivity contribution < 1.29 is 24.1 Å². The number of amides is 1. The molecular weight excluding hydrogens is 390 g/mol. The van der Waals surface area contributed by atoms with Gasteiger partial charge in [0.05, 0.1) is 14.2 Å². The number of quaternary nitrogens is 2. The van der Waals surface area contributed by atoms with Crippen LogP contribution in [0.2, 0.25) is 0 Å². The fraction of sp³-hybridized carbons (Fsp3) is 0.480. The van der Waals surface area contributed by atoms with Crippen molar-refractivity contribution >= 4 is 5.91 Å². The number of methoxy groups -OCH3 is 2. The smallest absolute Gasteiger partial charge is 0.283 e. The van der Waals surface area contributed by atoms with Gasteiger partial charge in [-0.05, 0) is 37.5 Å². The van der Waals surface area contributed by atoms with Crippen LogP contribution in [0, 0.1) is 6.92 Å². The van der Waals surface area contributed by atoms with E-state index in [4.69, 9.17) is 9.47 Å². The van der Waals surface area contributed by atoms with Gasteiger partial charge in [-0.15, -0.1) is 0 Å². The van der Waals surface area contributed by atoms with E-state index in [1.807, 2.05) is 18.2 Å². The molecule has 0 aromatic heterocycles. The van der Waals surface area contributed by atoms with E-state index in [-0.39, 0.29) is 11.9 Å². The van der Waals surface area contributed by atoms with Crippen LogP contribution in [0.5, 0.6) is 11.5 Å². The van der Waals surface area contributed by atoms with Crippen LogP contribution in [0.4, 0.5) is 0 Å². The number of hydrogen-bond acceptors (Lipinski definition) is 3. The van der Waals surface area contributed by atoms with Crippen molar-refractivity contribution in [3.8, 4) is 11.5 Å². The van der Waals surface area contributed by atoms with Crippen molar-refractivity contribution in [2.75, 3.05) is 40.4 Å². The second-order valence-corrected chi connectivity index (χ2v) is 8.85. The van der Waals surface area contributed by atoms with Crippen LogP contribution in [0.15, 0.2) is 42.5 Å². The van der Waals surface area contributed by atoms with Gasteiger partial charge in [0.25, 0.3) is 5.91 Å². The van der Waals surface area contributed by atoms with Crippen molar-refractivity contribution in [2.24, 2.45) is 0 Å². The van der Waals surface area contributed by atoms with Gasteiger partial charge in [-0.2, -0.15) is 0 Å². The first-order valence-corrected chi connectivity index (χ1v) is 11.3. The molecule has 2 aromatic carbocycles. The minimum Gasteiger partial charge on any atom is -0.493 e. The lowest BCUT2D eigenvalue weighted by atomic mass is 10.0. The van der Waals surface area contributed by atoms with Gasteiger partial charge in [-0.25, -0.2) is 0 Å². The summed E-state index contributed by atoms with van der Waals surface area (Å²) >= 11 is 0. The summed E-state index contributed by atoms with van der Waals surface area (Å²) in [5, 5.41) is 3.24. The van der Waals surface area contributed by atoms with Crippen molar-refractivity contribution in [3.05, 3.63) is 59.2 Å². The van der Waals surface area contributed by atoms with E-state index in [0.717, 1.165) is 62.6 Å². The zero-order valence-electron chi connectivity index (χ0n) is 18.9. The van der Waals surface area contributed by atoms with Gasteiger partial charge in [0.1, 0.15) is 32.7 Å². The SMILES string of the molecule is COc1cc(C)c(C[NH+]2CC[NH+]([C@H](C(=O)NC3CC3)c3ccccc3)CC2)cc1OC. The predicted molar refractivity (Wildman–Crippen MR) is 120 cm³/mol. The molecule has 4 rings (SSSR count). The first kappa shape index (κ1) is 21.7. The molecule has 1 aliphatic heterocycles. The molecule has 6 nitrogen and oxygen atoms in total. The third-order valence-electron chi connectivity index (χ3n) is 6.61. The molecule has 3 N–H and O–H groups in total. The molecule has 2 aromatic rings. The maximum atomic E-state index is 13.1. The lowest BCUT2D eigenvalue weighted by molar-refractivity contribution is -1.03. The minimum absolute atomic E-state index is 0.119. The van der Waals surface area contributed by atoms with Gasteiger partial charge < -0.3 is 24.6 Å². The largest absolute Gasteiger partial charge is 0.493 e. The van der Waals surface area contributed by atoms with Crippen LogP contribution in [0.25, 0.3) is 0 Å². The van der Waals surface area contributed by atoms with Crippen LogP contribution in [0.1, 0.15) is 35.6 Å². The van der Waals surface area contributed by atoms with Gasteiger partial charge in [0.2, 0.25) is 0 Å². The Morgan fingerprint density at radius 3 is 2.29 bits per heavy atom. The lowest BCUT2D eigenvalue weighted by Crippen LogP contribution is -3.28. The second kappa shape index (κ2) is 9.71. The number of nitrogens with one attached hydrogen (secondary N) is 3. The van der Waals surface area contributed by atoms with Crippen LogP contribution >= 0.6 is 0 Å². The first-order chi connectivity index (χ1) is 15.1. The van der Waals surface area contributed by atoms with Crippen LogP contribution in [0.3, 0.4) is 0 Å². The fourth-order valence-corrected chi connectivity index (χ4v) is 4.60. The molecule has 6 heteroatoms. The molecule has 1 heterocycles. The van der Waals surface area contributed by atoms with E-state index in [1.165, 1.54) is 16.0 Å². The van der Waals surface area contributed by atoms with E-state index >= 15 is 0 Å². The molecule has 166 valence electrons. The molecule has 2 fully saturated rings. The molecule has 0 bridgehead atoms. The fourth-order valence-electron chi connectivity index (χ4n) is 4.60.